The average Bonchev–Trinajstić information content (AvgIpc) is 2.54. The lowest BCUT2D eigenvalue weighted by molar-refractivity contribution is -0.123. The average molecular weight is 344 g/mol. The Morgan fingerprint density at radius 1 is 1.08 bits per heavy atom. The van der Waals surface area contributed by atoms with Crippen LogP contribution < -0.4 is 10.5 Å². The second-order valence-electron chi connectivity index (χ2n) is 5.72. The number of hydrogen-bond donors (Lipinski definition) is 2. The van der Waals surface area contributed by atoms with Crippen LogP contribution in [0.5, 0.6) is 0 Å². The van der Waals surface area contributed by atoms with Gasteiger partial charge in [-0.2, -0.15) is 4.72 Å². The van der Waals surface area contributed by atoms with E-state index in [1.165, 1.54) is 13.0 Å². The summed E-state index contributed by atoms with van der Waals surface area (Å²) in [4.78, 5) is 11.9. The number of nitrogens with one attached hydrogen (secondary N) is 1. The van der Waals surface area contributed by atoms with E-state index in [4.69, 9.17) is 5.73 Å². The van der Waals surface area contributed by atoms with Crippen molar-refractivity contribution in [1.29, 1.82) is 0 Å². The van der Waals surface area contributed by atoms with Crippen molar-refractivity contribution in [3.05, 3.63) is 76.7 Å². The van der Waals surface area contributed by atoms with Gasteiger partial charge < -0.3 is 5.73 Å². The van der Waals surface area contributed by atoms with Gasteiger partial charge in [-0.25, -0.2) is 8.42 Å². The zero-order chi connectivity index (χ0) is 17.8. The molecular formula is C18H20N2O3S. The predicted molar refractivity (Wildman–Crippen MR) is 95.3 cm³/mol. The number of aryl methyl sites for hydroxylation is 1. The molecule has 0 spiro atoms. The molecule has 126 valence electrons. The monoisotopic (exact) mass is 344 g/mol. The van der Waals surface area contributed by atoms with Crippen LogP contribution in [0.3, 0.4) is 0 Å². The van der Waals surface area contributed by atoms with Crippen LogP contribution in [0.4, 0.5) is 0 Å². The van der Waals surface area contributed by atoms with Crippen LogP contribution in [0.2, 0.25) is 0 Å². The fraction of sp³-hybridized carbons (Fsp3) is 0.167. The summed E-state index contributed by atoms with van der Waals surface area (Å²) >= 11 is 0. The standard InChI is InChI=1S/C18H20N2O3S/c1-14-8-10-15(11-9-14)12-13-24(22,23)20-18(2,17(19)21)16-6-4-3-5-7-16/h3-13,20H,1-2H3,(H2,19,21)/b13-12+/t18-/m1/s1. The molecule has 2 aromatic carbocycles. The highest BCUT2D eigenvalue weighted by atomic mass is 32.2. The maximum atomic E-state index is 12.4. The minimum Gasteiger partial charge on any atom is -0.368 e. The summed E-state index contributed by atoms with van der Waals surface area (Å²) in [5.41, 5.74) is 6.21. The van der Waals surface area contributed by atoms with Gasteiger partial charge in [-0.15, -0.1) is 0 Å². The molecule has 0 aromatic heterocycles. The molecule has 0 saturated carbocycles. The SMILES string of the molecule is Cc1ccc(/C=C/S(=O)(=O)N[C@@](C)(C(N)=O)c2ccccc2)cc1. The fourth-order valence-corrected chi connectivity index (χ4v) is 3.38. The predicted octanol–water partition coefficient (Wildman–Crippen LogP) is 2.29. The Hall–Kier alpha value is -2.44. The van der Waals surface area contributed by atoms with Crippen molar-refractivity contribution < 1.29 is 13.2 Å². The zero-order valence-corrected chi connectivity index (χ0v) is 14.4. The van der Waals surface area contributed by atoms with Gasteiger partial charge in [-0.1, -0.05) is 60.2 Å². The van der Waals surface area contributed by atoms with E-state index in [1.54, 1.807) is 30.3 Å². The second kappa shape index (κ2) is 6.98. The van der Waals surface area contributed by atoms with Crippen LogP contribution in [0, 0.1) is 6.92 Å². The lowest BCUT2D eigenvalue weighted by Gasteiger charge is -2.26. The van der Waals surface area contributed by atoms with Crippen LogP contribution in [-0.2, 0) is 20.4 Å². The molecule has 0 aliphatic rings. The number of nitrogens with two attached hydrogens (primary N) is 1. The van der Waals surface area contributed by atoms with Gasteiger partial charge >= 0.3 is 0 Å². The summed E-state index contributed by atoms with van der Waals surface area (Å²) < 4.78 is 27.1. The Labute approximate surface area is 142 Å². The molecule has 2 rings (SSSR count). The number of rotatable bonds is 6. The molecule has 0 radical (unpaired) electrons. The third-order valence-electron chi connectivity index (χ3n) is 3.71. The summed E-state index contributed by atoms with van der Waals surface area (Å²) in [6.07, 6.45) is 1.47. The molecule has 1 atom stereocenters. The van der Waals surface area contributed by atoms with Crippen LogP contribution in [0.25, 0.3) is 6.08 Å². The molecule has 0 unspecified atom stereocenters. The van der Waals surface area contributed by atoms with Crippen LogP contribution >= 0.6 is 0 Å². The third kappa shape index (κ3) is 4.31. The van der Waals surface area contributed by atoms with Crippen molar-refractivity contribution >= 4 is 22.0 Å². The fourth-order valence-electron chi connectivity index (χ4n) is 2.19. The van der Waals surface area contributed by atoms with E-state index in [-0.39, 0.29) is 0 Å². The maximum absolute atomic E-state index is 12.4. The highest BCUT2D eigenvalue weighted by Gasteiger charge is 2.36. The second-order valence-corrected chi connectivity index (χ2v) is 7.28. The normalized spacial score (nSPS) is 14.4. The highest BCUT2D eigenvalue weighted by molar-refractivity contribution is 7.92. The quantitative estimate of drug-likeness (QED) is 0.842. The Bertz CT molecular complexity index is 844. The first-order valence-electron chi connectivity index (χ1n) is 7.37. The molecule has 2 aromatic rings. The Morgan fingerprint density at radius 2 is 1.67 bits per heavy atom. The van der Waals surface area contributed by atoms with Crippen molar-refractivity contribution in [2.75, 3.05) is 0 Å². The lowest BCUT2D eigenvalue weighted by Crippen LogP contribution is -2.52. The summed E-state index contributed by atoms with van der Waals surface area (Å²) in [6.45, 7) is 3.39. The number of benzene rings is 2. The Morgan fingerprint density at radius 3 is 2.21 bits per heavy atom. The number of primary amides is 1. The van der Waals surface area contributed by atoms with E-state index in [0.29, 0.717) is 5.56 Å². The van der Waals surface area contributed by atoms with Gasteiger partial charge in [0, 0.05) is 5.41 Å². The number of sulfonamides is 1. The molecule has 24 heavy (non-hydrogen) atoms. The van der Waals surface area contributed by atoms with Crippen LogP contribution in [-0.4, -0.2) is 14.3 Å². The molecule has 1 amide bonds. The van der Waals surface area contributed by atoms with Gasteiger partial charge in [0.15, 0.2) is 0 Å². The maximum Gasteiger partial charge on any atom is 0.243 e. The first-order chi connectivity index (χ1) is 11.2. The van der Waals surface area contributed by atoms with E-state index >= 15 is 0 Å². The largest absolute Gasteiger partial charge is 0.368 e. The summed E-state index contributed by atoms with van der Waals surface area (Å²) in [7, 11) is -3.87. The molecular weight excluding hydrogens is 324 g/mol. The van der Waals surface area contributed by atoms with Gasteiger partial charge in [0.25, 0.3) is 0 Å². The molecule has 6 heteroatoms. The summed E-state index contributed by atoms with van der Waals surface area (Å²) in [5, 5.41) is 1.03. The van der Waals surface area contributed by atoms with Crippen molar-refractivity contribution in [1.82, 2.24) is 4.72 Å². The summed E-state index contributed by atoms with van der Waals surface area (Å²) in [6, 6.07) is 15.9. The van der Waals surface area contributed by atoms with E-state index in [9.17, 15) is 13.2 Å². The zero-order valence-electron chi connectivity index (χ0n) is 13.6. The van der Waals surface area contributed by atoms with Gasteiger partial charge in [0.1, 0.15) is 5.54 Å². The van der Waals surface area contributed by atoms with Crippen molar-refractivity contribution in [2.24, 2.45) is 5.73 Å². The van der Waals surface area contributed by atoms with Crippen molar-refractivity contribution in [3.8, 4) is 0 Å². The number of carbonyl (C=O) groups excluding carboxylic acids is 1. The van der Waals surface area contributed by atoms with Gasteiger partial charge in [-0.3, -0.25) is 4.79 Å². The third-order valence-corrected chi connectivity index (χ3v) is 4.89. The van der Waals surface area contributed by atoms with E-state index in [2.05, 4.69) is 4.72 Å². The Kier molecular flexibility index (Phi) is 5.21. The van der Waals surface area contributed by atoms with Crippen molar-refractivity contribution in [2.45, 2.75) is 19.4 Å². The molecule has 0 aliphatic carbocycles. The first kappa shape index (κ1) is 17.9. The molecule has 3 N–H and O–H groups in total. The van der Waals surface area contributed by atoms with Crippen LogP contribution in [0.1, 0.15) is 23.6 Å². The molecule has 0 bridgehead atoms. The lowest BCUT2D eigenvalue weighted by atomic mass is 9.93. The highest BCUT2D eigenvalue weighted by Crippen LogP contribution is 2.21. The van der Waals surface area contributed by atoms with E-state index in [1.807, 2.05) is 31.2 Å². The number of amides is 1. The molecule has 0 saturated heterocycles. The molecule has 0 aliphatic heterocycles. The smallest absolute Gasteiger partial charge is 0.243 e. The van der Waals surface area contributed by atoms with E-state index < -0.39 is 21.5 Å². The molecule has 0 heterocycles. The minimum atomic E-state index is -3.87. The topological polar surface area (TPSA) is 89.3 Å². The van der Waals surface area contributed by atoms with Crippen LogP contribution in [0.15, 0.2) is 60.0 Å². The number of carbonyl (C=O) groups is 1. The van der Waals surface area contributed by atoms with Gasteiger partial charge in [0.2, 0.25) is 15.9 Å². The first-order valence-corrected chi connectivity index (χ1v) is 8.92. The molecule has 0 fully saturated rings. The van der Waals surface area contributed by atoms with E-state index in [0.717, 1.165) is 16.5 Å². The van der Waals surface area contributed by atoms with Gasteiger partial charge in [-0.05, 0) is 31.1 Å². The molecule has 5 nitrogen and oxygen atoms in total. The Balaban J connectivity index is 2.28. The summed E-state index contributed by atoms with van der Waals surface area (Å²) in [5.74, 6) is -0.777. The number of hydrogen-bond acceptors (Lipinski definition) is 3. The van der Waals surface area contributed by atoms with Gasteiger partial charge in [0.05, 0.1) is 0 Å². The van der Waals surface area contributed by atoms with Crippen molar-refractivity contribution in [3.63, 3.8) is 0 Å². The minimum absolute atomic E-state index is 0.477.